The molecule has 2 aliphatic rings. The van der Waals surface area contributed by atoms with Crippen LogP contribution in [0.5, 0.6) is 0 Å². The number of aromatic nitrogens is 4. The van der Waals surface area contributed by atoms with E-state index >= 15 is 0 Å². The molecule has 10 heteroatoms. The van der Waals surface area contributed by atoms with Gasteiger partial charge in [0.25, 0.3) is 0 Å². The third-order valence-electron chi connectivity index (χ3n) is 5.50. The number of aliphatic hydroxyl groups excluding tert-OH is 2. The Morgan fingerprint density at radius 1 is 1.28 bits per heavy atom. The Hall–Kier alpha value is -2.27. The van der Waals surface area contributed by atoms with E-state index in [1.54, 1.807) is 6.07 Å². The van der Waals surface area contributed by atoms with Crippen LogP contribution in [0.3, 0.4) is 0 Å². The number of nitrogens with two attached hydrogens (primary N) is 1. The average Bonchev–Trinajstić information content (AvgIpc) is 3.39. The van der Waals surface area contributed by atoms with Gasteiger partial charge in [-0.3, -0.25) is 0 Å². The molecule has 1 aromatic carbocycles. The monoisotopic (exact) mass is 417 g/mol. The van der Waals surface area contributed by atoms with E-state index in [1.165, 1.54) is 22.8 Å². The van der Waals surface area contributed by atoms with Crippen LogP contribution in [-0.4, -0.2) is 48.8 Å². The lowest BCUT2D eigenvalue weighted by atomic mass is 10.1. The minimum Gasteiger partial charge on any atom is -0.394 e. The highest BCUT2D eigenvalue weighted by molar-refractivity contribution is 7.99. The van der Waals surface area contributed by atoms with Gasteiger partial charge in [-0.1, -0.05) is 11.8 Å². The molecule has 0 amide bonds. The predicted molar refractivity (Wildman–Crippen MR) is 104 cm³/mol. The van der Waals surface area contributed by atoms with Crippen LogP contribution < -0.4 is 5.73 Å². The van der Waals surface area contributed by atoms with E-state index in [0.29, 0.717) is 21.0 Å². The summed E-state index contributed by atoms with van der Waals surface area (Å²) in [5, 5.41) is 25.0. The fourth-order valence-electron chi connectivity index (χ4n) is 4.02. The van der Waals surface area contributed by atoms with Crippen LogP contribution in [0.15, 0.2) is 28.4 Å². The Bertz CT molecular complexity index is 1090. The van der Waals surface area contributed by atoms with Crippen molar-refractivity contribution >= 4 is 28.6 Å². The molecule has 3 aromatic rings. The molecule has 152 valence electrons. The molecule has 3 heterocycles. The predicted octanol–water partition coefficient (Wildman–Crippen LogP) is 1.83. The minimum absolute atomic E-state index is 0.238. The van der Waals surface area contributed by atoms with Crippen molar-refractivity contribution < 1.29 is 19.3 Å². The molecule has 8 nitrogen and oxygen atoms in total. The number of fused-ring (bicyclic) bond motifs is 2. The SMILES string of the molecule is Nc1ncnc2c1c(Sc1cc3c(cc1F)CCC3)nn2[C@H]1CC(O)[C@@H](CO)O1. The van der Waals surface area contributed by atoms with E-state index in [2.05, 4.69) is 15.1 Å². The summed E-state index contributed by atoms with van der Waals surface area (Å²) in [7, 11) is 0. The Balaban J connectivity index is 1.57. The number of hydrogen-bond donors (Lipinski definition) is 3. The maximum absolute atomic E-state index is 14.7. The molecule has 0 radical (unpaired) electrons. The Kier molecular flexibility index (Phi) is 4.66. The van der Waals surface area contributed by atoms with E-state index in [-0.39, 0.29) is 24.7 Å². The van der Waals surface area contributed by atoms with Gasteiger partial charge in [-0.15, -0.1) is 0 Å². The van der Waals surface area contributed by atoms with E-state index in [1.807, 2.05) is 6.07 Å². The second-order valence-corrected chi connectivity index (χ2v) is 8.36. The minimum atomic E-state index is -0.811. The maximum Gasteiger partial charge on any atom is 0.167 e. The molecule has 1 unspecified atom stereocenters. The number of aliphatic hydroxyl groups is 2. The summed E-state index contributed by atoms with van der Waals surface area (Å²) in [5.74, 6) is -0.0516. The van der Waals surface area contributed by atoms with Crippen molar-refractivity contribution in [3.05, 3.63) is 35.4 Å². The lowest BCUT2D eigenvalue weighted by Gasteiger charge is -2.12. The van der Waals surface area contributed by atoms with E-state index in [0.717, 1.165) is 30.4 Å². The summed E-state index contributed by atoms with van der Waals surface area (Å²) in [6, 6.07) is 3.48. The highest BCUT2D eigenvalue weighted by Gasteiger charge is 2.36. The van der Waals surface area contributed by atoms with Gasteiger partial charge in [-0.2, -0.15) is 5.10 Å². The van der Waals surface area contributed by atoms with Crippen molar-refractivity contribution in [1.82, 2.24) is 19.7 Å². The lowest BCUT2D eigenvalue weighted by Crippen LogP contribution is -2.24. The lowest BCUT2D eigenvalue weighted by molar-refractivity contribution is -0.0473. The maximum atomic E-state index is 14.7. The zero-order chi connectivity index (χ0) is 20.1. The Labute approximate surface area is 169 Å². The highest BCUT2D eigenvalue weighted by Crippen LogP contribution is 2.40. The first-order valence-corrected chi connectivity index (χ1v) is 10.3. The smallest absolute Gasteiger partial charge is 0.167 e. The summed E-state index contributed by atoms with van der Waals surface area (Å²) < 4.78 is 21.9. The van der Waals surface area contributed by atoms with Crippen molar-refractivity contribution in [1.29, 1.82) is 0 Å². The summed E-state index contributed by atoms with van der Waals surface area (Å²) in [5.41, 5.74) is 8.76. The largest absolute Gasteiger partial charge is 0.394 e. The first-order valence-electron chi connectivity index (χ1n) is 9.47. The Morgan fingerprint density at radius 3 is 2.83 bits per heavy atom. The van der Waals surface area contributed by atoms with Gasteiger partial charge in [0.05, 0.1) is 18.1 Å². The fraction of sp³-hybridized carbons (Fsp3) is 0.421. The number of aryl methyl sites for hydroxylation is 2. The second-order valence-electron chi connectivity index (χ2n) is 7.33. The van der Waals surface area contributed by atoms with Crippen LogP contribution in [0.25, 0.3) is 11.0 Å². The number of rotatable bonds is 4. The first kappa shape index (κ1) is 18.7. The summed E-state index contributed by atoms with van der Waals surface area (Å²) in [6.45, 7) is -0.296. The number of halogens is 1. The Morgan fingerprint density at radius 2 is 2.07 bits per heavy atom. The number of nitrogen functional groups attached to an aromatic ring is 1. The van der Waals surface area contributed by atoms with Gasteiger partial charge < -0.3 is 20.7 Å². The van der Waals surface area contributed by atoms with Crippen LogP contribution in [0.2, 0.25) is 0 Å². The molecule has 2 aromatic heterocycles. The zero-order valence-corrected chi connectivity index (χ0v) is 16.3. The second kappa shape index (κ2) is 7.21. The normalized spacial score (nSPS) is 23.8. The van der Waals surface area contributed by atoms with E-state index in [4.69, 9.17) is 10.5 Å². The molecule has 29 heavy (non-hydrogen) atoms. The van der Waals surface area contributed by atoms with Gasteiger partial charge in [0.2, 0.25) is 0 Å². The third-order valence-corrected chi connectivity index (χ3v) is 6.51. The fourth-order valence-corrected chi connectivity index (χ4v) is 5.01. The zero-order valence-electron chi connectivity index (χ0n) is 15.5. The van der Waals surface area contributed by atoms with Crippen LogP contribution in [0.1, 0.15) is 30.2 Å². The summed E-state index contributed by atoms with van der Waals surface area (Å²) >= 11 is 1.18. The molecular formula is C19H20FN5O3S. The number of hydrogen-bond acceptors (Lipinski definition) is 8. The van der Waals surface area contributed by atoms with Gasteiger partial charge in [0, 0.05) is 11.3 Å². The molecule has 1 fully saturated rings. The van der Waals surface area contributed by atoms with Crippen LogP contribution >= 0.6 is 11.8 Å². The number of ether oxygens (including phenoxy) is 1. The first-order chi connectivity index (χ1) is 14.0. The molecule has 0 saturated carbocycles. The van der Waals surface area contributed by atoms with Gasteiger partial charge >= 0.3 is 0 Å². The topological polar surface area (TPSA) is 119 Å². The van der Waals surface area contributed by atoms with Crippen LogP contribution in [0.4, 0.5) is 10.2 Å². The molecule has 0 spiro atoms. The number of benzene rings is 1. The standard InChI is InChI=1S/C19H20FN5O3S/c20-11-4-9-2-1-3-10(9)5-14(11)29-19-16-17(21)22-8-23-18(16)25(24-19)15-6-12(27)13(7-26)28-15/h4-5,8,12-13,15,26-27H,1-3,6-7H2,(H2,21,22,23)/t12?,13-,15-/m1/s1. The molecule has 0 bridgehead atoms. The van der Waals surface area contributed by atoms with E-state index < -0.39 is 18.4 Å². The molecule has 1 aliphatic heterocycles. The van der Waals surface area contributed by atoms with Crippen molar-refractivity contribution in [3.8, 4) is 0 Å². The van der Waals surface area contributed by atoms with Crippen molar-refractivity contribution in [3.63, 3.8) is 0 Å². The molecular weight excluding hydrogens is 397 g/mol. The molecule has 4 N–H and O–H groups in total. The number of nitrogens with zero attached hydrogens (tertiary/aromatic N) is 4. The van der Waals surface area contributed by atoms with Crippen molar-refractivity contribution in [2.75, 3.05) is 12.3 Å². The van der Waals surface area contributed by atoms with Crippen molar-refractivity contribution in [2.45, 2.75) is 54.0 Å². The highest BCUT2D eigenvalue weighted by atomic mass is 32.2. The summed E-state index contributed by atoms with van der Waals surface area (Å²) in [6.07, 6.45) is 2.35. The molecule has 3 atom stereocenters. The summed E-state index contributed by atoms with van der Waals surface area (Å²) in [4.78, 5) is 8.81. The molecule has 1 aliphatic carbocycles. The van der Waals surface area contributed by atoms with Gasteiger partial charge in [0.1, 0.15) is 29.1 Å². The van der Waals surface area contributed by atoms with Crippen LogP contribution in [0, 0.1) is 5.82 Å². The molecule has 1 saturated heterocycles. The third kappa shape index (κ3) is 3.16. The average molecular weight is 417 g/mol. The van der Waals surface area contributed by atoms with Crippen LogP contribution in [-0.2, 0) is 17.6 Å². The quantitative estimate of drug-likeness (QED) is 0.588. The molecule has 5 rings (SSSR count). The van der Waals surface area contributed by atoms with Gasteiger partial charge in [-0.25, -0.2) is 19.0 Å². The van der Waals surface area contributed by atoms with E-state index in [9.17, 15) is 14.6 Å². The van der Waals surface area contributed by atoms with Crippen molar-refractivity contribution in [2.24, 2.45) is 0 Å². The number of anilines is 1. The van der Waals surface area contributed by atoms with Gasteiger partial charge in [0.15, 0.2) is 11.9 Å². The van der Waals surface area contributed by atoms with Gasteiger partial charge in [-0.05, 0) is 42.5 Å².